The summed E-state index contributed by atoms with van der Waals surface area (Å²) in [6.45, 7) is 3.08. The fraction of sp³-hybridized carbons (Fsp3) is 0.357. The van der Waals surface area contributed by atoms with Gasteiger partial charge in [0, 0.05) is 11.6 Å². The Balaban J connectivity index is 2.14. The Hall–Kier alpha value is -1.63. The van der Waals surface area contributed by atoms with Crippen LogP contribution in [0.15, 0.2) is 24.4 Å². The fourth-order valence-corrected chi connectivity index (χ4v) is 2.60. The molecular formula is C14H16Cl2N4O2. The lowest BCUT2D eigenvalue weighted by Gasteiger charge is -2.17. The molecule has 1 heterocycles. The predicted octanol–water partition coefficient (Wildman–Crippen LogP) is 2.87. The van der Waals surface area contributed by atoms with Crippen LogP contribution in [-0.4, -0.2) is 44.1 Å². The number of hydrogen-bond donors (Lipinski definition) is 1. The number of aliphatic carboxylic acids is 1. The van der Waals surface area contributed by atoms with Crippen LogP contribution in [0.3, 0.4) is 0 Å². The van der Waals surface area contributed by atoms with Crippen LogP contribution in [0.2, 0.25) is 10.0 Å². The van der Waals surface area contributed by atoms with E-state index in [-0.39, 0.29) is 6.54 Å². The molecule has 2 aromatic rings. The van der Waals surface area contributed by atoms with Crippen molar-refractivity contribution in [3.63, 3.8) is 0 Å². The zero-order chi connectivity index (χ0) is 16.1. The van der Waals surface area contributed by atoms with Crippen LogP contribution in [0, 0.1) is 0 Å². The largest absolute Gasteiger partial charge is 0.480 e. The Labute approximate surface area is 138 Å². The Morgan fingerprint density at radius 3 is 2.82 bits per heavy atom. The summed E-state index contributed by atoms with van der Waals surface area (Å²) >= 11 is 12.0. The van der Waals surface area contributed by atoms with Gasteiger partial charge in [-0.15, -0.1) is 5.10 Å². The summed E-state index contributed by atoms with van der Waals surface area (Å²) in [7, 11) is 0. The van der Waals surface area contributed by atoms with E-state index in [1.807, 2.05) is 6.92 Å². The minimum absolute atomic E-state index is 0.0254. The summed E-state index contributed by atoms with van der Waals surface area (Å²) in [5, 5.41) is 18.0. The second-order valence-electron chi connectivity index (χ2n) is 4.85. The van der Waals surface area contributed by atoms with Crippen LogP contribution >= 0.6 is 23.2 Å². The van der Waals surface area contributed by atoms with Crippen molar-refractivity contribution in [2.24, 2.45) is 0 Å². The molecule has 2 rings (SSSR count). The number of carboxylic acids is 1. The lowest BCUT2D eigenvalue weighted by Crippen LogP contribution is -2.30. The summed E-state index contributed by atoms with van der Waals surface area (Å²) in [6.07, 6.45) is 2.60. The summed E-state index contributed by atoms with van der Waals surface area (Å²) in [6, 6.07) is 5.11. The minimum atomic E-state index is -0.860. The molecule has 22 heavy (non-hydrogen) atoms. The van der Waals surface area contributed by atoms with Crippen molar-refractivity contribution in [1.29, 1.82) is 0 Å². The number of halogens is 2. The molecule has 0 atom stereocenters. The quantitative estimate of drug-likeness (QED) is 0.837. The molecule has 0 amide bonds. The molecule has 0 saturated heterocycles. The number of benzene rings is 1. The number of rotatable bonds is 7. The molecule has 0 aliphatic heterocycles. The third kappa shape index (κ3) is 4.43. The predicted molar refractivity (Wildman–Crippen MR) is 84.6 cm³/mol. The molecule has 1 aromatic heterocycles. The van der Waals surface area contributed by atoms with Crippen LogP contribution < -0.4 is 0 Å². The Kier molecular flexibility index (Phi) is 5.76. The number of nitrogens with zero attached hydrogens (tertiary/aromatic N) is 4. The van der Waals surface area contributed by atoms with Gasteiger partial charge in [0.2, 0.25) is 0 Å². The molecule has 6 nitrogen and oxygen atoms in total. The average molecular weight is 343 g/mol. The first kappa shape index (κ1) is 16.7. The summed E-state index contributed by atoms with van der Waals surface area (Å²) < 4.78 is 1.55. The molecule has 1 N–H and O–H groups in total. The van der Waals surface area contributed by atoms with Gasteiger partial charge in [0.25, 0.3) is 0 Å². The molecular weight excluding hydrogens is 327 g/mol. The molecule has 0 spiro atoms. The topological polar surface area (TPSA) is 71.2 Å². The van der Waals surface area contributed by atoms with Crippen molar-refractivity contribution in [3.8, 4) is 5.69 Å². The number of aromatic nitrogens is 3. The van der Waals surface area contributed by atoms with Crippen LogP contribution in [-0.2, 0) is 11.3 Å². The lowest BCUT2D eigenvalue weighted by atomic mass is 10.3. The highest BCUT2D eigenvalue weighted by Crippen LogP contribution is 2.23. The number of carboxylic acid groups (broad SMARTS) is 1. The molecule has 0 fully saturated rings. The molecule has 0 radical (unpaired) electrons. The van der Waals surface area contributed by atoms with Gasteiger partial charge in [-0.3, -0.25) is 9.69 Å². The molecule has 0 unspecified atom stereocenters. The first-order valence-electron chi connectivity index (χ1n) is 6.80. The maximum absolute atomic E-state index is 10.9. The maximum atomic E-state index is 10.9. The van der Waals surface area contributed by atoms with Crippen molar-refractivity contribution in [1.82, 2.24) is 19.9 Å². The van der Waals surface area contributed by atoms with Gasteiger partial charge < -0.3 is 5.11 Å². The van der Waals surface area contributed by atoms with E-state index in [1.165, 1.54) is 0 Å². The third-order valence-corrected chi connectivity index (χ3v) is 3.52. The van der Waals surface area contributed by atoms with Gasteiger partial charge in [-0.1, -0.05) is 35.3 Å². The minimum Gasteiger partial charge on any atom is -0.480 e. The van der Waals surface area contributed by atoms with Gasteiger partial charge in [0.15, 0.2) is 0 Å². The zero-order valence-corrected chi connectivity index (χ0v) is 13.5. The normalized spacial score (nSPS) is 11.1. The monoisotopic (exact) mass is 342 g/mol. The highest BCUT2D eigenvalue weighted by molar-refractivity contribution is 6.35. The highest BCUT2D eigenvalue weighted by atomic mass is 35.5. The van der Waals surface area contributed by atoms with Crippen LogP contribution in [0.25, 0.3) is 5.69 Å². The van der Waals surface area contributed by atoms with E-state index in [0.717, 1.165) is 6.42 Å². The van der Waals surface area contributed by atoms with E-state index in [1.54, 1.807) is 34.0 Å². The van der Waals surface area contributed by atoms with E-state index < -0.39 is 5.97 Å². The highest BCUT2D eigenvalue weighted by Gasteiger charge is 2.13. The third-order valence-electron chi connectivity index (χ3n) is 2.98. The van der Waals surface area contributed by atoms with E-state index in [9.17, 15) is 4.79 Å². The fourth-order valence-electron chi connectivity index (χ4n) is 2.11. The van der Waals surface area contributed by atoms with E-state index in [4.69, 9.17) is 28.3 Å². The first-order chi connectivity index (χ1) is 10.5. The average Bonchev–Trinajstić information content (AvgIpc) is 2.86. The van der Waals surface area contributed by atoms with Gasteiger partial charge in [0.05, 0.1) is 29.1 Å². The van der Waals surface area contributed by atoms with Crippen molar-refractivity contribution in [2.45, 2.75) is 19.9 Å². The zero-order valence-electron chi connectivity index (χ0n) is 12.0. The lowest BCUT2D eigenvalue weighted by molar-refractivity contribution is -0.138. The molecule has 8 heteroatoms. The Morgan fingerprint density at radius 2 is 2.18 bits per heavy atom. The van der Waals surface area contributed by atoms with Gasteiger partial charge in [-0.2, -0.15) is 0 Å². The van der Waals surface area contributed by atoms with Gasteiger partial charge in [-0.25, -0.2) is 4.68 Å². The van der Waals surface area contributed by atoms with Crippen molar-refractivity contribution >= 4 is 29.2 Å². The Morgan fingerprint density at radius 1 is 1.41 bits per heavy atom. The molecule has 118 valence electrons. The smallest absolute Gasteiger partial charge is 0.317 e. The molecule has 1 aromatic carbocycles. The van der Waals surface area contributed by atoms with Gasteiger partial charge in [-0.05, 0) is 31.2 Å². The first-order valence-corrected chi connectivity index (χ1v) is 7.56. The van der Waals surface area contributed by atoms with E-state index in [2.05, 4.69) is 10.3 Å². The summed E-state index contributed by atoms with van der Waals surface area (Å²) in [5.41, 5.74) is 1.35. The second-order valence-corrected chi connectivity index (χ2v) is 5.70. The number of carbonyl (C=O) groups is 1. The van der Waals surface area contributed by atoms with Crippen molar-refractivity contribution in [2.75, 3.05) is 13.1 Å². The molecule has 0 aliphatic carbocycles. The molecule has 0 bridgehead atoms. The summed E-state index contributed by atoms with van der Waals surface area (Å²) in [4.78, 5) is 12.7. The Bertz CT molecular complexity index is 660. The maximum Gasteiger partial charge on any atom is 0.317 e. The van der Waals surface area contributed by atoms with Crippen LogP contribution in [0.1, 0.15) is 19.0 Å². The standard InChI is InChI=1S/C14H16Cl2N4O2/c1-2-5-19(9-14(21)22)7-11-8-20(18-17-11)13-4-3-10(15)6-12(13)16/h3-4,6,8H,2,5,7,9H2,1H3,(H,21,22). The van der Waals surface area contributed by atoms with Gasteiger partial charge in [0.1, 0.15) is 0 Å². The molecule has 0 saturated carbocycles. The van der Waals surface area contributed by atoms with Crippen molar-refractivity contribution in [3.05, 3.63) is 40.1 Å². The summed E-state index contributed by atoms with van der Waals surface area (Å²) in [5.74, 6) is -0.860. The van der Waals surface area contributed by atoms with E-state index in [0.29, 0.717) is 34.5 Å². The SMILES string of the molecule is CCCN(CC(=O)O)Cc1cn(-c2ccc(Cl)cc2Cl)nn1. The number of hydrogen-bond acceptors (Lipinski definition) is 4. The van der Waals surface area contributed by atoms with Gasteiger partial charge >= 0.3 is 5.97 Å². The molecule has 0 aliphatic rings. The van der Waals surface area contributed by atoms with Crippen LogP contribution in [0.5, 0.6) is 0 Å². The van der Waals surface area contributed by atoms with Crippen molar-refractivity contribution < 1.29 is 9.90 Å². The second kappa shape index (κ2) is 7.58. The van der Waals surface area contributed by atoms with E-state index >= 15 is 0 Å². The van der Waals surface area contributed by atoms with Crippen LogP contribution in [0.4, 0.5) is 0 Å².